The average Bonchev–Trinajstić information content (AvgIpc) is 2.02. The van der Waals surface area contributed by atoms with E-state index in [2.05, 4.69) is 11.3 Å². The molecule has 0 aromatic heterocycles. The summed E-state index contributed by atoms with van der Waals surface area (Å²) in [4.78, 5) is 28.4. The fourth-order valence-electron chi connectivity index (χ4n) is 0.527. The average molecular weight is 243 g/mol. The quantitative estimate of drug-likeness (QED) is 0.324. The lowest BCUT2D eigenvalue weighted by molar-refractivity contribution is -0.138. The van der Waals surface area contributed by atoms with E-state index in [-0.39, 0.29) is 11.5 Å². The van der Waals surface area contributed by atoms with E-state index < -0.39 is 25.8 Å². The van der Waals surface area contributed by atoms with Gasteiger partial charge >= 0.3 is 13.6 Å². The minimum Gasteiger partial charge on any atom is -0.461 e. The van der Waals surface area contributed by atoms with Crippen molar-refractivity contribution in [3.8, 4) is 0 Å². The molecule has 0 saturated heterocycles. The first-order valence-corrected chi connectivity index (χ1v) is 5.94. The predicted molar refractivity (Wildman–Crippen MR) is 52.3 cm³/mol. The summed E-state index contributed by atoms with van der Waals surface area (Å²) < 4.78 is 15.3. The van der Waals surface area contributed by atoms with E-state index in [9.17, 15) is 9.36 Å². The van der Waals surface area contributed by atoms with Gasteiger partial charge in [0.25, 0.3) is 0 Å². The number of rotatable bonds is 5. The van der Waals surface area contributed by atoms with Crippen LogP contribution in [0.25, 0.3) is 0 Å². The zero-order chi connectivity index (χ0) is 11.4. The van der Waals surface area contributed by atoms with Crippen LogP contribution < -0.4 is 0 Å². The molecule has 0 saturated carbocycles. The Kier molecular flexibility index (Phi) is 5.37. The maximum atomic E-state index is 10.9. The van der Waals surface area contributed by atoms with Crippen molar-refractivity contribution in [2.75, 3.05) is 12.5 Å². The van der Waals surface area contributed by atoms with Gasteiger partial charge in [-0.05, 0) is 6.92 Å². The molecule has 0 amide bonds. The lowest BCUT2D eigenvalue weighted by Gasteiger charge is -2.15. The third-order valence-corrected chi connectivity index (χ3v) is 3.28. The van der Waals surface area contributed by atoms with Gasteiger partial charge in [-0.2, -0.15) is 0 Å². The second-order valence-corrected chi connectivity index (χ2v) is 4.99. The van der Waals surface area contributed by atoms with Crippen LogP contribution in [0.2, 0.25) is 0 Å². The molecule has 0 aliphatic heterocycles. The Labute approximate surface area is 86.9 Å². The Morgan fingerprint density at radius 2 is 2.14 bits per heavy atom. The Hall–Kier alpha value is -0.350. The SMILES string of the molecule is C=C(C)C(=O)OCC(CCl)P(=O)(O)O. The van der Waals surface area contributed by atoms with E-state index >= 15 is 0 Å². The number of hydrogen-bond acceptors (Lipinski definition) is 3. The Morgan fingerprint density at radius 3 is 2.43 bits per heavy atom. The largest absolute Gasteiger partial charge is 0.461 e. The highest BCUT2D eigenvalue weighted by Crippen LogP contribution is 2.41. The lowest BCUT2D eigenvalue weighted by Crippen LogP contribution is -2.21. The highest BCUT2D eigenvalue weighted by Gasteiger charge is 2.29. The van der Waals surface area contributed by atoms with Crippen LogP contribution in [0.1, 0.15) is 6.92 Å². The minimum absolute atomic E-state index is 0.170. The van der Waals surface area contributed by atoms with E-state index in [1.807, 2.05) is 0 Å². The number of ether oxygens (including phenoxy) is 1. The van der Waals surface area contributed by atoms with Crippen molar-refractivity contribution in [2.24, 2.45) is 0 Å². The van der Waals surface area contributed by atoms with Crippen molar-refractivity contribution in [2.45, 2.75) is 12.6 Å². The van der Waals surface area contributed by atoms with Gasteiger partial charge < -0.3 is 14.5 Å². The molecule has 0 heterocycles. The first-order chi connectivity index (χ1) is 6.29. The lowest BCUT2D eigenvalue weighted by atomic mass is 10.4. The van der Waals surface area contributed by atoms with Gasteiger partial charge in [-0.1, -0.05) is 6.58 Å². The fraction of sp³-hybridized carbons (Fsp3) is 0.571. The molecule has 0 bridgehead atoms. The number of carbonyl (C=O) groups is 1. The van der Waals surface area contributed by atoms with Crippen molar-refractivity contribution < 1.29 is 23.9 Å². The van der Waals surface area contributed by atoms with Crippen molar-refractivity contribution in [3.63, 3.8) is 0 Å². The zero-order valence-electron chi connectivity index (χ0n) is 7.64. The van der Waals surface area contributed by atoms with Gasteiger partial charge in [-0.3, -0.25) is 4.57 Å². The molecule has 0 radical (unpaired) electrons. The normalized spacial score (nSPS) is 13.4. The second-order valence-electron chi connectivity index (χ2n) is 2.78. The summed E-state index contributed by atoms with van der Waals surface area (Å²) in [6.07, 6.45) is 0. The molecule has 0 aliphatic carbocycles. The summed E-state index contributed by atoms with van der Waals surface area (Å²) in [5.74, 6) is -0.957. The van der Waals surface area contributed by atoms with Crippen LogP contribution in [-0.2, 0) is 14.1 Å². The van der Waals surface area contributed by atoms with E-state index in [0.29, 0.717) is 0 Å². The molecular weight excluding hydrogens is 230 g/mol. The van der Waals surface area contributed by atoms with Gasteiger partial charge in [0.15, 0.2) is 0 Å². The highest BCUT2D eigenvalue weighted by molar-refractivity contribution is 7.52. The van der Waals surface area contributed by atoms with Gasteiger partial charge in [0.05, 0.1) is 0 Å². The Morgan fingerprint density at radius 1 is 1.64 bits per heavy atom. The summed E-state index contributed by atoms with van der Waals surface area (Å²) in [6.45, 7) is 4.36. The summed E-state index contributed by atoms with van der Waals surface area (Å²) in [7, 11) is -4.30. The molecule has 82 valence electrons. The van der Waals surface area contributed by atoms with Crippen LogP contribution in [0.4, 0.5) is 0 Å². The Balaban J connectivity index is 4.17. The van der Waals surface area contributed by atoms with Gasteiger partial charge in [-0.15, -0.1) is 11.6 Å². The Bertz CT molecular complexity index is 271. The molecule has 0 spiro atoms. The maximum Gasteiger partial charge on any atom is 0.333 e. The molecular formula is C7H12ClO5P. The molecule has 0 aromatic carbocycles. The monoisotopic (exact) mass is 242 g/mol. The van der Waals surface area contributed by atoms with E-state index in [1.54, 1.807) is 0 Å². The van der Waals surface area contributed by atoms with Crippen LogP contribution in [0.3, 0.4) is 0 Å². The minimum atomic E-state index is -4.30. The molecule has 7 heteroatoms. The third-order valence-electron chi connectivity index (χ3n) is 1.41. The summed E-state index contributed by atoms with van der Waals surface area (Å²) >= 11 is 5.31. The van der Waals surface area contributed by atoms with Gasteiger partial charge in [0, 0.05) is 11.5 Å². The van der Waals surface area contributed by atoms with Crippen molar-refractivity contribution in [3.05, 3.63) is 12.2 Å². The summed E-state index contributed by atoms with van der Waals surface area (Å²) in [5, 5.41) is 0. The maximum absolute atomic E-state index is 10.9. The van der Waals surface area contributed by atoms with Crippen molar-refractivity contribution in [1.82, 2.24) is 0 Å². The molecule has 5 nitrogen and oxygen atoms in total. The van der Waals surface area contributed by atoms with Crippen molar-refractivity contribution >= 4 is 25.2 Å². The molecule has 14 heavy (non-hydrogen) atoms. The van der Waals surface area contributed by atoms with Crippen LogP contribution in [0.15, 0.2) is 12.2 Å². The van der Waals surface area contributed by atoms with Crippen LogP contribution in [0.5, 0.6) is 0 Å². The molecule has 0 fully saturated rings. The number of hydrogen-bond donors (Lipinski definition) is 2. The topological polar surface area (TPSA) is 83.8 Å². The van der Waals surface area contributed by atoms with E-state index in [4.69, 9.17) is 21.4 Å². The number of alkyl halides is 1. The van der Waals surface area contributed by atoms with Gasteiger partial charge in [0.1, 0.15) is 12.3 Å². The molecule has 0 rings (SSSR count). The van der Waals surface area contributed by atoms with Gasteiger partial charge in [0.2, 0.25) is 0 Å². The molecule has 2 N–H and O–H groups in total. The first-order valence-electron chi connectivity index (χ1n) is 3.73. The summed E-state index contributed by atoms with van der Waals surface area (Å²) in [5.41, 5.74) is -0.989. The van der Waals surface area contributed by atoms with Crippen LogP contribution >= 0.6 is 19.2 Å². The predicted octanol–water partition coefficient (Wildman–Crippen LogP) is 0.891. The number of carbonyl (C=O) groups excluding carboxylic acids is 1. The standard InChI is InChI=1S/C7H12ClO5P/c1-5(2)7(9)13-4-6(3-8)14(10,11)12/h6H,1,3-4H2,2H3,(H2,10,11,12). The fourth-order valence-corrected chi connectivity index (χ4v) is 1.60. The zero-order valence-corrected chi connectivity index (χ0v) is 9.29. The summed E-state index contributed by atoms with van der Waals surface area (Å²) in [6, 6.07) is 0. The van der Waals surface area contributed by atoms with Crippen LogP contribution in [0, 0.1) is 0 Å². The van der Waals surface area contributed by atoms with Gasteiger partial charge in [-0.25, -0.2) is 4.79 Å². The highest BCUT2D eigenvalue weighted by atomic mass is 35.5. The smallest absolute Gasteiger partial charge is 0.333 e. The third kappa shape index (κ3) is 4.77. The second kappa shape index (κ2) is 5.51. The van der Waals surface area contributed by atoms with E-state index in [1.165, 1.54) is 6.92 Å². The molecule has 1 unspecified atom stereocenters. The number of halogens is 1. The van der Waals surface area contributed by atoms with Crippen molar-refractivity contribution in [1.29, 1.82) is 0 Å². The number of esters is 1. The first kappa shape index (κ1) is 13.7. The molecule has 1 atom stereocenters. The molecule has 0 aliphatic rings. The van der Waals surface area contributed by atoms with E-state index in [0.717, 1.165) is 0 Å². The van der Waals surface area contributed by atoms with Crippen LogP contribution in [-0.4, -0.2) is 33.9 Å². The molecule has 0 aromatic rings.